The number of hydrogen-bond acceptors (Lipinski definition) is 4. The Labute approximate surface area is 102 Å². The van der Waals surface area contributed by atoms with E-state index in [1.165, 1.54) is 0 Å². The number of rotatable bonds is 2. The fourth-order valence-corrected chi connectivity index (χ4v) is 2.05. The first-order valence-corrected chi connectivity index (χ1v) is 5.61. The Kier molecular flexibility index (Phi) is 3.20. The molecule has 0 saturated carbocycles. The van der Waals surface area contributed by atoms with Gasteiger partial charge in [-0.1, -0.05) is 6.92 Å². The molecule has 1 N–H and O–H groups in total. The number of halogens is 2. The largest absolute Gasteiger partial charge is 0.384 e. The molecule has 0 aromatic heterocycles. The van der Waals surface area contributed by atoms with Crippen molar-refractivity contribution in [1.29, 1.82) is 0 Å². The highest BCUT2D eigenvalue weighted by Crippen LogP contribution is 2.39. The van der Waals surface area contributed by atoms with E-state index >= 15 is 0 Å². The maximum absolute atomic E-state index is 13.8. The van der Waals surface area contributed by atoms with Crippen LogP contribution in [0.1, 0.15) is 19.8 Å². The van der Waals surface area contributed by atoms with Crippen LogP contribution in [0.2, 0.25) is 0 Å². The summed E-state index contributed by atoms with van der Waals surface area (Å²) in [5, 5.41) is 9.45. The van der Waals surface area contributed by atoms with Gasteiger partial charge in [-0.05, 0) is 12.5 Å². The van der Waals surface area contributed by atoms with E-state index in [-0.39, 0.29) is 6.42 Å². The van der Waals surface area contributed by atoms with Crippen molar-refractivity contribution >= 4 is 11.7 Å². The van der Waals surface area contributed by atoms with Gasteiger partial charge < -0.3 is 9.84 Å². The van der Waals surface area contributed by atoms with Crippen LogP contribution < -0.4 is 0 Å². The number of hydrogen-bond donors (Lipinski definition) is 1. The Hall–Kier alpha value is -1.34. The summed E-state index contributed by atoms with van der Waals surface area (Å²) in [6.45, 7) is 1.60. The Balaban J connectivity index is 2.26. The molecule has 0 bridgehead atoms. The van der Waals surface area contributed by atoms with E-state index in [2.05, 4.69) is 0 Å². The zero-order valence-corrected chi connectivity index (χ0v) is 9.68. The number of carbonyl (C=O) groups excluding carboxylic acids is 2. The summed E-state index contributed by atoms with van der Waals surface area (Å²) in [6.07, 6.45) is -3.05. The van der Waals surface area contributed by atoms with Crippen LogP contribution in [-0.2, 0) is 14.3 Å². The van der Waals surface area contributed by atoms with Crippen LogP contribution >= 0.6 is 0 Å². The average Bonchev–Trinajstić information content (AvgIpc) is 2.52. The fourth-order valence-electron chi connectivity index (χ4n) is 2.05. The van der Waals surface area contributed by atoms with E-state index < -0.39 is 42.5 Å². The van der Waals surface area contributed by atoms with Gasteiger partial charge in [-0.15, -0.1) is 0 Å². The SMILES string of the molecule is CC[C@H]1O[C@@H](N2C=CC(=O)CC2=O)C(F)(F)[C@@H]1O. The Morgan fingerprint density at radius 1 is 1.56 bits per heavy atom. The lowest BCUT2D eigenvalue weighted by Crippen LogP contribution is -2.50. The third-order valence-corrected chi connectivity index (χ3v) is 3.07. The standard InChI is InChI=1S/C11H13F2NO4/c1-2-7-9(17)11(12,13)10(18-7)14-4-3-6(15)5-8(14)16/h3-4,7,9-10,17H,2,5H2,1H3/t7-,9-,10-/m1/s1. The van der Waals surface area contributed by atoms with Crippen LogP contribution in [0.25, 0.3) is 0 Å². The van der Waals surface area contributed by atoms with E-state index in [1.54, 1.807) is 6.92 Å². The lowest BCUT2D eigenvalue weighted by atomic mass is 10.1. The highest BCUT2D eigenvalue weighted by Gasteiger charge is 2.60. The molecule has 0 radical (unpaired) electrons. The molecular weight excluding hydrogens is 248 g/mol. The zero-order chi connectivity index (χ0) is 13.5. The van der Waals surface area contributed by atoms with Crippen molar-refractivity contribution in [2.75, 3.05) is 0 Å². The lowest BCUT2D eigenvalue weighted by molar-refractivity contribution is -0.172. The van der Waals surface area contributed by atoms with Gasteiger partial charge in [0.25, 0.3) is 0 Å². The second-order valence-corrected chi connectivity index (χ2v) is 4.31. The predicted molar refractivity (Wildman–Crippen MR) is 55.5 cm³/mol. The van der Waals surface area contributed by atoms with Gasteiger partial charge in [-0.2, -0.15) is 8.78 Å². The smallest absolute Gasteiger partial charge is 0.320 e. The van der Waals surface area contributed by atoms with Crippen LogP contribution in [0.4, 0.5) is 8.78 Å². The lowest BCUT2D eigenvalue weighted by Gasteiger charge is -2.30. The number of allylic oxidation sites excluding steroid dienone is 1. The Morgan fingerprint density at radius 2 is 2.22 bits per heavy atom. The number of nitrogens with zero attached hydrogens (tertiary/aromatic N) is 1. The third-order valence-electron chi connectivity index (χ3n) is 3.07. The minimum Gasteiger partial charge on any atom is -0.384 e. The first-order valence-electron chi connectivity index (χ1n) is 5.61. The zero-order valence-electron chi connectivity index (χ0n) is 9.68. The molecule has 2 heterocycles. The van der Waals surface area contributed by atoms with Crippen LogP contribution in [0.15, 0.2) is 12.3 Å². The third kappa shape index (κ3) is 1.93. The summed E-state index contributed by atoms with van der Waals surface area (Å²) in [7, 11) is 0. The highest BCUT2D eigenvalue weighted by molar-refractivity contribution is 6.06. The second kappa shape index (κ2) is 4.40. The summed E-state index contributed by atoms with van der Waals surface area (Å²) >= 11 is 0. The number of aliphatic hydroxyl groups is 1. The van der Waals surface area contributed by atoms with Gasteiger partial charge >= 0.3 is 5.92 Å². The molecule has 1 fully saturated rings. The van der Waals surface area contributed by atoms with E-state index in [0.717, 1.165) is 12.3 Å². The molecule has 2 aliphatic heterocycles. The second-order valence-electron chi connectivity index (χ2n) is 4.31. The van der Waals surface area contributed by atoms with Crippen LogP contribution in [0.3, 0.4) is 0 Å². The van der Waals surface area contributed by atoms with Crippen LogP contribution in [0.5, 0.6) is 0 Å². The molecule has 1 amide bonds. The molecule has 5 nitrogen and oxygen atoms in total. The molecule has 2 rings (SSSR count). The maximum atomic E-state index is 13.8. The topological polar surface area (TPSA) is 66.8 Å². The van der Waals surface area contributed by atoms with Crippen molar-refractivity contribution in [3.63, 3.8) is 0 Å². The molecule has 18 heavy (non-hydrogen) atoms. The number of ether oxygens (including phenoxy) is 1. The molecule has 0 spiro atoms. The van der Waals surface area contributed by atoms with E-state index in [1.807, 2.05) is 0 Å². The number of amides is 1. The fraction of sp³-hybridized carbons (Fsp3) is 0.636. The molecule has 0 aromatic carbocycles. The summed E-state index contributed by atoms with van der Waals surface area (Å²) in [4.78, 5) is 23.2. The number of aliphatic hydroxyl groups excluding tert-OH is 1. The van der Waals surface area contributed by atoms with Crippen LogP contribution in [-0.4, -0.2) is 46.1 Å². The minimum atomic E-state index is -3.55. The number of ketones is 1. The first kappa shape index (κ1) is 13.1. The highest BCUT2D eigenvalue weighted by atomic mass is 19.3. The quantitative estimate of drug-likeness (QED) is 0.732. The van der Waals surface area contributed by atoms with Crippen molar-refractivity contribution in [2.24, 2.45) is 0 Å². The molecule has 100 valence electrons. The molecule has 0 aromatic rings. The van der Waals surface area contributed by atoms with Gasteiger partial charge in [0.05, 0.1) is 12.5 Å². The molecule has 0 unspecified atom stereocenters. The Bertz CT molecular complexity index is 410. The molecule has 1 saturated heterocycles. The van der Waals surface area contributed by atoms with Crippen molar-refractivity contribution in [3.8, 4) is 0 Å². The summed E-state index contributed by atoms with van der Waals surface area (Å²) in [5.74, 6) is -4.75. The number of carbonyl (C=O) groups is 2. The monoisotopic (exact) mass is 261 g/mol. The average molecular weight is 261 g/mol. The predicted octanol–water partition coefficient (Wildman–Crippen LogP) is 0.433. The van der Waals surface area contributed by atoms with E-state index in [4.69, 9.17) is 4.74 Å². The first-order chi connectivity index (χ1) is 8.37. The molecule has 7 heteroatoms. The van der Waals surface area contributed by atoms with Crippen molar-refractivity contribution in [3.05, 3.63) is 12.3 Å². The van der Waals surface area contributed by atoms with Gasteiger partial charge in [0, 0.05) is 6.20 Å². The minimum absolute atomic E-state index is 0.206. The molecule has 2 aliphatic rings. The van der Waals surface area contributed by atoms with E-state index in [9.17, 15) is 23.5 Å². The summed E-state index contributed by atoms with van der Waals surface area (Å²) in [5.41, 5.74) is 0. The summed E-state index contributed by atoms with van der Waals surface area (Å²) in [6, 6.07) is 0. The van der Waals surface area contributed by atoms with Gasteiger partial charge in [0.1, 0.15) is 6.10 Å². The van der Waals surface area contributed by atoms with Gasteiger partial charge in [-0.25, -0.2) is 0 Å². The number of alkyl halides is 2. The van der Waals surface area contributed by atoms with Crippen molar-refractivity contribution < 1.29 is 28.2 Å². The molecule has 3 atom stereocenters. The Morgan fingerprint density at radius 3 is 2.72 bits per heavy atom. The van der Waals surface area contributed by atoms with Gasteiger partial charge in [0.2, 0.25) is 12.1 Å². The van der Waals surface area contributed by atoms with Crippen molar-refractivity contribution in [2.45, 2.75) is 44.1 Å². The molecule has 0 aliphatic carbocycles. The van der Waals surface area contributed by atoms with Crippen molar-refractivity contribution in [1.82, 2.24) is 4.90 Å². The van der Waals surface area contributed by atoms with Gasteiger partial charge in [-0.3, -0.25) is 14.5 Å². The maximum Gasteiger partial charge on any atom is 0.320 e. The summed E-state index contributed by atoms with van der Waals surface area (Å²) < 4.78 is 32.6. The molecular formula is C11H13F2NO4. The van der Waals surface area contributed by atoms with E-state index in [0.29, 0.717) is 4.90 Å². The van der Waals surface area contributed by atoms with Crippen LogP contribution in [0, 0.1) is 0 Å². The normalized spacial score (nSPS) is 35.3. The van der Waals surface area contributed by atoms with Gasteiger partial charge in [0.15, 0.2) is 5.78 Å².